The summed E-state index contributed by atoms with van der Waals surface area (Å²) in [6.45, 7) is 1.93. The fraction of sp³-hybridized carbons (Fsp3) is 0.200. The van der Waals surface area contributed by atoms with Gasteiger partial charge < -0.3 is 14.3 Å². The molecule has 0 atom stereocenters. The second-order valence-electron chi connectivity index (χ2n) is 4.26. The van der Waals surface area contributed by atoms with Crippen LogP contribution in [0.3, 0.4) is 0 Å². The summed E-state index contributed by atoms with van der Waals surface area (Å²) in [6, 6.07) is 10.7. The molecule has 0 aliphatic rings. The van der Waals surface area contributed by atoms with Crippen LogP contribution in [0.2, 0.25) is 0 Å². The summed E-state index contributed by atoms with van der Waals surface area (Å²) >= 11 is 0. The van der Waals surface area contributed by atoms with Crippen molar-refractivity contribution >= 4 is 5.97 Å². The molecular formula is C15H13NO4. The molecule has 0 saturated heterocycles. The molecule has 5 nitrogen and oxygen atoms in total. The second-order valence-corrected chi connectivity index (χ2v) is 4.26. The Balaban J connectivity index is 2.01. The molecule has 1 aromatic heterocycles. The Labute approximate surface area is 116 Å². The van der Waals surface area contributed by atoms with E-state index in [9.17, 15) is 4.79 Å². The van der Waals surface area contributed by atoms with Gasteiger partial charge >= 0.3 is 5.97 Å². The van der Waals surface area contributed by atoms with Crippen LogP contribution in [0, 0.1) is 18.3 Å². The van der Waals surface area contributed by atoms with Crippen LogP contribution in [-0.2, 0) is 13.0 Å². The lowest BCUT2D eigenvalue weighted by molar-refractivity contribution is 0.0661. The normalized spacial score (nSPS) is 10.0. The molecule has 0 bridgehead atoms. The first-order chi connectivity index (χ1) is 9.60. The first-order valence-corrected chi connectivity index (χ1v) is 6.01. The van der Waals surface area contributed by atoms with Gasteiger partial charge in [-0.1, -0.05) is 12.1 Å². The number of hydrogen-bond acceptors (Lipinski definition) is 4. The number of nitrogens with zero attached hydrogens (tertiary/aromatic N) is 1. The van der Waals surface area contributed by atoms with Crippen LogP contribution in [0.25, 0.3) is 0 Å². The molecule has 0 amide bonds. The highest BCUT2D eigenvalue weighted by Crippen LogP contribution is 2.19. The Morgan fingerprint density at radius 3 is 2.65 bits per heavy atom. The van der Waals surface area contributed by atoms with Gasteiger partial charge in [-0.2, -0.15) is 5.26 Å². The highest BCUT2D eigenvalue weighted by atomic mass is 16.5. The number of aryl methyl sites for hydroxylation is 1. The van der Waals surface area contributed by atoms with Crippen molar-refractivity contribution in [1.29, 1.82) is 5.26 Å². The van der Waals surface area contributed by atoms with Crippen molar-refractivity contribution in [3.8, 4) is 11.8 Å². The summed E-state index contributed by atoms with van der Waals surface area (Å²) < 4.78 is 10.7. The molecular weight excluding hydrogens is 258 g/mol. The number of ether oxygens (including phenoxy) is 1. The minimum Gasteiger partial charge on any atom is -0.489 e. The van der Waals surface area contributed by atoms with Gasteiger partial charge in [0.05, 0.1) is 12.5 Å². The molecule has 1 aromatic carbocycles. The van der Waals surface area contributed by atoms with Crippen LogP contribution in [-0.4, -0.2) is 11.1 Å². The topological polar surface area (TPSA) is 83.5 Å². The van der Waals surface area contributed by atoms with Crippen molar-refractivity contribution in [2.45, 2.75) is 20.0 Å². The van der Waals surface area contributed by atoms with E-state index in [1.165, 1.54) is 6.07 Å². The molecule has 0 unspecified atom stereocenters. The number of aromatic carboxylic acids is 1. The number of nitriles is 1. The largest absolute Gasteiger partial charge is 0.489 e. The summed E-state index contributed by atoms with van der Waals surface area (Å²) in [5.74, 6) is -0.00154. The maximum Gasteiger partial charge on any atom is 0.371 e. The molecule has 0 aliphatic carbocycles. The van der Waals surface area contributed by atoms with Gasteiger partial charge in [-0.3, -0.25) is 0 Å². The number of furan rings is 1. The van der Waals surface area contributed by atoms with E-state index < -0.39 is 5.97 Å². The highest BCUT2D eigenvalue weighted by Gasteiger charge is 2.13. The van der Waals surface area contributed by atoms with Crippen molar-refractivity contribution in [2.24, 2.45) is 0 Å². The molecule has 102 valence electrons. The van der Waals surface area contributed by atoms with Gasteiger partial charge in [0.1, 0.15) is 18.1 Å². The second kappa shape index (κ2) is 5.93. The number of carboxylic acids is 1. The Morgan fingerprint density at radius 2 is 2.10 bits per heavy atom. The van der Waals surface area contributed by atoms with Gasteiger partial charge in [0.25, 0.3) is 0 Å². The van der Waals surface area contributed by atoms with Gasteiger partial charge in [0.2, 0.25) is 5.76 Å². The average molecular weight is 271 g/mol. The lowest BCUT2D eigenvalue weighted by atomic mass is 10.2. The lowest BCUT2D eigenvalue weighted by Gasteiger charge is -2.05. The third kappa shape index (κ3) is 3.18. The Hall–Kier alpha value is -2.74. The average Bonchev–Trinajstić information content (AvgIpc) is 2.80. The maximum atomic E-state index is 10.8. The van der Waals surface area contributed by atoms with Gasteiger partial charge in [-0.05, 0) is 30.7 Å². The number of carbonyl (C=O) groups is 1. The minimum absolute atomic E-state index is 0.0922. The molecule has 0 saturated carbocycles. The summed E-state index contributed by atoms with van der Waals surface area (Å²) in [4.78, 5) is 10.8. The molecule has 0 radical (unpaired) electrons. The quantitative estimate of drug-likeness (QED) is 0.903. The number of benzene rings is 1. The van der Waals surface area contributed by atoms with E-state index in [0.29, 0.717) is 23.5 Å². The van der Waals surface area contributed by atoms with E-state index in [-0.39, 0.29) is 12.4 Å². The first-order valence-electron chi connectivity index (χ1n) is 6.01. The first kappa shape index (κ1) is 13.7. The monoisotopic (exact) mass is 271 g/mol. The summed E-state index contributed by atoms with van der Waals surface area (Å²) in [7, 11) is 0. The fourth-order valence-electron chi connectivity index (χ4n) is 1.72. The van der Waals surface area contributed by atoms with Gasteiger partial charge in [-0.25, -0.2) is 4.79 Å². The van der Waals surface area contributed by atoms with Gasteiger partial charge in [0, 0.05) is 5.56 Å². The zero-order chi connectivity index (χ0) is 14.5. The van der Waals surface area contributed by atoms with E-state index in [1.807, 2.05) is 12.1 Å². The zero-order valence-corrected chi connectivity index (χ0v) is 10.9. The van der Waals surface area contributed by atoms with Crippen molar-refractivity contribution in [3.05, 3.63) is 53.0 Å². The molecule has 0 fully saturated rings. The van der Waals surface area contributed by atoms with Crippen LogP contribution in [0.5, 0.6) is 5.75 Å². The Morgan fingerprint density at radius 1 is 1.40 bits per heavy atom. The standard InChI is InChI=1S/C15H13NO4/c1-10-12(8-14(20-10)15(17)18)9-19-13-4-2-11(3-5-13)6-7-16/h2-5,8H,6,9H2,1H3,(H,17,18). The molecule has 2 rings (SSSR count). The van der Waals surface area contributed by atoms with Gasteiger partial charge in [0.15, 0.2) is 0 Å². The maximum absolute atomic E-state index is 10.8. The molecule has 5 heteroatoms. The van der Waals surface area contributed by atoms with Crippen molar-refractivity contribution in [1.82, 2.24) is 0 Å². The van der Waals surface area contributed by atoms with Crippen molar-refractivity contribution < 1.29 is 19.1 Å². The van der Waals surface area contributed by atoms with Crippen LogP contribution in [0.1, 0.15) is 27.4 Å². The molecule has 1 N–H and O–H groups in total. The predicted molar refractivity (Wildman–Crippen MR) is 70.5 cm³/mol. The van der Waals surface area contributed by atoms with Crippen LogP contribution in [0.15, 0.2) is 34.7 Å². The van der Waals surface area contributed by atoms with E-state index in [4.69, 9.17) is 19.5 Å². The minimum atomic E-state index is -1.10. The summed E-state index contributed by atoms with van der Waals surface area (Å²) in [5.41, 5.74) is 1.62. The number of rotatable bonds is 5. The van der Waals surface area contributed by atoms with Crippen LogP contribution in [0.4, 0.5) is 0 Å². The van der Waals surface area contributed by atoms with E-state index in [0.717, 1.165) is 5.56 Å². The molecule has 0 spiro atoms. The van der Waals surface area contributed by atoms with Crippen LogP contribution < -0.4 is 4.74 Å². The predicted octanol–water partition coefficient (Wildman–Crippen LogP) is 2.93. The van der Waals surface area contributed by atoms with E-state index in [2.05, 4.69) is 6.07 Å². The van der Waals surface area contributed by atoms with Crippen LogP contribution >= 0.6 is 0 Å². The van der Waals surface area contributed by atoms with E-state index in [1.54, 1.807) is 19.1 Å². The number of carboxylic acid groups (broad SMARTS) is 1. The molecule has 1 heterocycles. The smallest absolute Gasteiger partial charge is 0.371 e. The lowest BCUT2D eigenvalue weighted by Crippen LogP contribution is -1.96. The third-order valence-corrected chi connectivity index (χ3v) is 2.83. The Bertz CT molecular complexity index is 650. The zero-order valence-electron chi connectivity index (χ0n) is 10.9. The van der Waals surface area contributed by atoms with Crippen molar-refractivity contribution in [3.63, 3.8) is 0 Å². The van der Waals surface area contributed by atoms with Gasteiger partial charge in [-0.15, -0.1) is 0 Å². The SMILES string of the molecule is Cc1oc(C(=O)O)cc1COc1ccc(CC#N)cc1. The van der Waals surface area contributed by atoms with E-state index >= 15 is 0 Å². The molecule has 0 aliphatic heterocycles. The molecule has 2 aromatic rings. The third-order valence-electron chi connectivity index (χ3n) is 2.83. The summed E-state index contributed by atoms with van der Waals surface area (Å²) in [6.07, 6.45) is 0.364. The Kier molecular flexibility index (Phi) is 4.06. The molecule has 20 heavy (non-hydrogen) atoms. The van der Waals surface area contributed by atoms with Crippen molar-refractivity contribution in [2.75, 3.05) is 0 Å². The highest BCUT2D eigenvalue weighted by molar-refractivity contribution is 5.84. The fourth-order valence-corrected chi connectivity index (χ4v) is 1.72. The summed E-state index contributed by atoms with van der Waals surface area (Å²) in [5, 5.41) is 17.4. The number of hydrogen-bond donors (Lipinski definition) is 1.